The Balaban J connectivity index is 1.91. The largest absolute Gasteiger partial charge is 0.497 e. The summed E-state index contributed by atoms with van der Waals surface area (Å²) in [6.07, 6.45) is 0. The number of nitrogens with one attached hydrogen (secondary N) is 1. The van der Waals surface area contributed by atoms with Crippen molar-refractivity contribution in [3.8, 4) is 5.75 Å². The first kappa shape index (κ1) is 19.1. The maximum Gasteiger partial charge on any atom is 0.332 e. The van der Waals surface area contributed by atoms with Gasteiger partial charge < -0.3 is 9.64 Å². The highest BCUT2D eigenvalue weighted by molar-refractivity contribution is 8.14. The summed E-state index contributed by atoms with van der Waals surface area (Å²) in [5, 5.41) is 3.98. The molecular formula is C20H24N4O2S. The number of amides is 2. The molecule has 3 rings (SSSR count). The first-order chi connectivity index (χ1) is 13.0. The van der Waals surface area contributed by atoms with E-state index < -0.39 is 0 Å². The highest BCUT2D eigenvalue weighted by Crippen LogP contribution is 2.29. The van der Waals surface area contributed by atoms with Crippen molar-refractivity contribution in [2.75, 3.05) is 37.5 Å². The fourth-order valence-electron chi connectivity index (χ4n) is 2.71. The second-order valence-corrected chi connectivity index (χ2v) is 7.88. The molecule has 1 aliphatic heterocycles. The monoisotopic (exact) mass is 384 g/mol. The van der Waals surface area contributed by atoms with Crippen LogP contribution in [0.3, 0.4) is 0 Å². The van der Waals surface area contributed by atoms with E-state index in [2.05, 4.69) is 17.2 Å². The molecule has 142 valence electrons. The molecule has 1 aliphatic rings. The molecule has 0 unspecified atom stereocenters. The summed E-state index contributed by atoms with van der Waals surface area (Å²) >= 11 is 1.58. The van der Waals surface area contributed by atoms with Gasteiger partial charge in [0.25, 0.3) is 0 Å². The molecule has 7 heteroatoms. The van der Waals surface area contributed by atoms with Crippen molar-refractivity contribution in [3.05, 3.63) is 48.5 Å². The average molecular weight is 385 g/mol. The number of ether oxygens (including phenoxy) is 1. The van der Waals surface area contributed by atoms with E-state index in [1.54, 1.807) is 23.8 Å². The molecule has 0 aliphatic carbocycles. The molecule has 27 heavy (non-hydrogen) atoms. The van der Waals surface area contributed by atoms with E-state index in [0.29, 0.717) is 10.4 Å². The normalized spacial score (nSPS) is 15.9. The van der Waals surface area contributed by atoms with Crippen molar-refractivity contribution in [1.82, 2.24) is 5.32 Å². The van der Waals surface area contributed by atoms with Gasteiger partial charge >= 0.3 is 6.03 Å². The number of carbonyl (C=O) groups excluding carboxylic acids is 1. The molecule has 0 aromatic heterocycles. The quantitative estimate of drug-likeness (QED) is 0.862. The molecule has 0 saturated heterocycles. The lowest BCUT2D eigenvalue weighted by atomic mass is 10.2. The fourth-order valence-corrected chi connectivity index (χ4v) is 3.53. The number of anilines is 3. The lowest BCUT2D eigenvalue weighted by molar-refractivity contribution is 0.253. The van der Waals surface area contributed by atoms with E-state index in [9.17, 15) is 4.79 Å². The smallest absolute Gasteiger partial charge is 0.332 e. The number of hydrogen-bond donors (Lipinski definition) is 1. The van der Waals surface area contributed by atoms with Gasteiger partial charge in [0.05, 0.1) is 25.0 Å². The third kappa shape index (κ3) is 4.54. The molecule has 2 aromatic rings. The van der Waals surface area contributed by atoms with Crippen molar-refractivity contribution in [2.45, 2.75) is 12.2 Å². The predicted molar refractivity (Wildman–Crippen MR) is 114 cm³/mol. The van der Waals surface area contributed by atoms with E-state index in [1.807, 2.05) is 67.5 Å². The Hall–Kier alpha value is -2.67. The first-order valence-electron chi connectivity index (χ1n) is 8.71. The minimum absolute atomic E-state index is 0.238. The van der Waals surface area contributed by atoms with Gasteiger partial charge in [0, 0.05) is 25.0 Å². The topological polar surface area (TPSA) is 57.2 Å². The van der Waals surface area contributed by atoms with Crippen LogP contribution in [0, 0.1) is 0 Å². The second-order valence-electron chi connectivity index (χ2n) is 6.45. The minimum Gasteiger partial charge on any atom is -0.497 e. The Bertz CT molecular complexity index is 819. The van der Waals surface area contributed by atoms with Crippen molar-refractivity contribution in [2.24, 2.45) is 4.99 Å². The van der Waals surface area contributed by atoms with Gasteiger partial charge in [-0.1, -0.05) is 18.7 Å². The van der Waals surface area contributed by atoms with Gasteiger partial charge in [-0.15, -0.1) is 0 Å². The maximum absolute atomic E-state index is 13.1. The lowest BCUT2D eigenvalue weighted by Crippen LogP contribution is -2.39. The molecule has 0 saturated carbocycles. The van der Waals surface area contributed by atoms with Crippen molar-refractivity contribution in [1.29, 1.82) is 0 Å². The number of aliphatic imine (C=N–C) groups is 1. The number of amidine groups is 1. The summed E-state index contributed by atoms with van der Waals surface area (Å²) in [5.41, 5.74) is 2.60. The van der Waals surface area contributed by atoms with E-state index in [4.69, 9.17) is 4.74 Å². The van der Waals surface area contributed by atoms with Crippen LogP contribution in [0.2, 0.25) is 0 Å². The van der Waals surface area contributed by atoms with Gasteiger partial charge in [-0.05, 0) is 48.5 Å². The highest BCUT2D eigenvalue weighted by atomic mass is 32.2. The van der Waals surface area contributed by atoms with Gasteiger partial charge in [0.2, 0.25) is 0 Å². The molecule has 0 fully saturated rings. The van der Waals surface area contributed by atoms with Crippen molar-refractivity contribution >= 4 is 40.0 Å². The number of methoxy groups -OCH3 is 1. The number of nitrogens with zero attached hydrogens (tertiary/aromatic N) is 3. The van der Waals surface area contributed by atoms with Gasteiger partial charge in [-0.2, -0.15) is 0 Å². The van der Waals surface area contributed by atoms with Gasteiger partial charge in [0.1, 0.15) is 5.75 Å². The summed E-state index contributed by atoms with van der Waals surface area (Å²) in [5.74, 6) is 0.742. The van der Waals surface area contributed by atoms with Crippen LogP contribution in [0.15, 0.2) is 53.5 Å². The van der Waals surface area contributed by atoms with Crippen LogP contribution < -0.4 is 19.9 Å². The van der Waals surface area contributed by atoms with Crippen molar-refractivity contribution < 1.29 is 9.53 Å². The molecule has 1 atom stereocenters. The summed E-state index contributed by atoms with van der Waals surface area (Å²) in [6, 6.07) is 15.0. The minimum atomic E-state index is -0.238. The number of thioether (sulfide) groups is 1. The fraction of sp³-hybridized carbons (Fsp3) is 0.300. The van der Waals surface area contributed by atoms with E-state index in [-0.39, 0.29) is 6.03 Å². The highest BCUT2D eigenvalue weighted by Gasteiger charge is 2.23. The third-order valence-corrected chi connectivity index (χ3v) is 5.18. The average Bonchev–Trinajstić information content (AvgIpc) is 3.07. The molecule has 1 heterocycles. The lowest BCUT2D eigenvalue weighted by Gasteiger charge is -2.24. The standard InChI is InChI=1S/C20H24N4O2S/c1-14-13-21-19(27-14)22-20(25)24(17-9-11-18(26-4)12-10-17)16-7-5-15(6-8-16)23(2)3/h5-12,14H,13H2,1-4H3,(H,21,22,25)/t14-/m0/s1. The Morgan fingerprint density at radius 1 is 1.07 bits per heavy atom. The SMILES string of the molecule is COc1ccc(N(C(=O)NC2=NC[C@H](C)S2)c2ccc(N(C)C)cc2)cc1. The zero-order valence-corrected chi connectivity index (χ0v) is 16.8. The van der Waals surface area contributed by atoms with Crippen LogP contribution in [0.25, 0.3) is 0 Å². The van der Waals surface area contributed by atoms with Gasteiger partial charge in [-0.25, -0.2) is 4.79 Å². The third-order valence-electron chi connectivity index (χ3n) is 4.18. The Kier molecular flexibility index (Phi) is 5.91. The number of carbonyl (C=O) groups is 1. The van der Waals surface area contributed by atoms with Crippen LogP contribution in [0.1, 0.15) is 6.92 Å². The number of urea groups is 1. The zero-order chi connectivity index (χ0) is 19.4. The molecule has 0 bridgehead atoms. The Morgan fingerprint density at radius 3 is 2.11 bits per heavy atom. The molecule has 0 radical (unpaired) electrons. The Morgan fingerprint density at radius 2 is 1.63 bits per heavy atom. The van der Waals surface area contributed by atoms with Crippen LogP contribution in [-0.4, -0.2) is 44.2 Å². The van der Waals surface area contributed by atoms with E-state index in [1.165, 1.54) is 0 Å². The summed E-state index contributed by atoms with van der Waals surface area (Å²) in [7, 11) is 5.59. The van der Waals surface area contributed by atoms with E-state index >= 15 is 0 Å². The van der Waals surface area contributed by atoms with Gasteiger partial charge in [-0.3, -0.25) is 15.2 Å². The number of hydrogen-bond acceptors (Lipinski definition) is 5. The molecule has 6 nitrogen and oxygen atoms in total. The maximum atomic E-state index is 13.1. The predicted octanol–water partition coefficient (Wildman–Crippen LogP) is 4.10. The first-order valence-corrected chi connectivity index (χ1v) is 9.59. The van der Waals surface area contributed by atoms with E-state index in [0.717, 1.165) is 29.4 Å². The number of rotatable bonds is 4. The molecule has 1 N–H and O–H groups in total. The van der Waals surface area contributed by atoms with Crippen LogP contribution in [0.4, 0.5) is 21.9 Å². The van der Waals surface area contributed by atoms with Crippen molar-refractivity contribution in [3.63, 3.8) is 0 Å². The molecule has 2 aromatic carbocycles. The molecule has 2 amide bonds. The van der Waals surface area contributed by atoms with Crippen LogP contribution in [0.5, 0.6) is 5.75 Å². The van der Waals surface area contributed by atoms with Gasteiger partial charge in [0.15, 0.2) is 5.17 Å². The second kappa shape index (κ2) is 8.35. The summed E-state index contributed by atoms with van der Waals surface area (Å²) in [6.45, 7) is 2.81. The Labute approximate surface area is 164 Å². The zero-order valence-electron chi connectivity index (χ0n) is 16.0. The number of benzene rings is 2. The van der Waals surface area contributed by atoms with Crippen LogP contribution >= 0.6 is 11.8 Å². The summed E-state index contributed by atoms with van der Waals surface area (Å²) < 4.78 is 5.23. The molecular weight excluding hydrogens is 360 g/mol. The summed E-state index contributed by atoms with van der Waals surface area (Å²) in [4.78, 5) is 21.1. The molecule has 0 spiro atoms. The van der Waals surface area contributed by atoms with Crippen LogP contribution in [-0.2, 0) is 0 Å².